The highest BCUT2D eigenvalue weighted by atomic mass is 15.2. The van der Waals surface area contributed by atoms with Crippen molar-refractivity contribution in [1.29, 1.82) is 0 Å². The quantitative estimate of drug-likeness (QED) is 0.630. The summed E-state index contributed by atoms with van der Waals surface area (Å²) in [6.45, 7) is 2.13. The second-order valence-corrected chi connectivity index (χ2v) is 6.30. The summed E-state index contributed by atoms with van der Waals surface area (Å²) < 4.78 is 0. The highest BCUT2D eigenvalue weighted by Gasteiger charge is 2.40. The number of fused-ring (bicyclic) bond motifs is 2. The highest BCUT2D eigenvalue weighted by Crippen LogP contribution is 2.50. The molecule has 1 aromatic rings. The van der Waals surface area contributed by atoms with E-state index >= 15 is 0 Å². The normalized spacial score (nSPS) is 31.8. The predicted octanol–water partition coefficient (Wildman–Crippen LogP) is 3.33. The first kappa shape index (κ1) is 12.2. The number of nitrogens with two attached hydrogens (primary N) is 1. The van der Waals surface area contributed by atoms with Crippen molar-refractivity contribution in [2.75, 3.05) is 0 Å². The maximum atomic E-state index is 5.77. The monoisotopic (exact) mass is 244 g/mol. The molecule has 1 aromatic carbocycles. The molecule has 18 heavy (non-hydrogen) atoms. The molecule has 2 aliphatic carbocycles. The smallest absolute Gasteiger partial charge is 0.0462 e. The molecule has 2 saturated carbocycles. The van der Waals surface area contributed by atoms with Gasteiger partial charge in [0.2, 0.25) is 0 Å². The van der Waals surface area contributed by atoms with Crippen LogP contribution in [0.4, 0.5) is 0 Å². The Morgan fingerprint density at radius 2 is 2.00 bits per heavy atom. The van der Waals surface area contributed by atoms with E-state index in [1.807, 2.05) is 0 Å². The fraction of sp³-hybridized carbons (Fsp3) is 0.625. The number of hydrazine groups is 1. The van der Waals surface area contributed by atoms with Crippen molar-refractivity contribution in [3.63, 3.8) is 0 Å². The largest absolute Gasteiger partial charge is 0.271 e. The van der Waals surface area contributed by atoms with Gasteiger partial charge in [0.05, 0.1) is 0 Å². The Morgan fingerprint density at radius 1 is 1.22 bits per heavy atom. The Balaban J connectivity index is 1.67. The van der Waals surface area contributed by atoms with Gasteiger partial charge in [-0.15, -0.1) is 0 Å². The molecule has 0 amide bonds. The van der Waals surface area contributed by atoms with E-state index in [0.717, 1.165) is 17.8 Å². The maximum Gasteiger partial charge on any atom is 0.0462 e. The van der Waals surface area contributed by atoms with Crippen LogP contribution >= 0.6 is 0 Å². The fourth-order valence-electron chi connectivity index (χ4n) is 4.07. The molecule has 2 bridgehead atoms. The van der Waals surface area contributed by atoms with E-state index in [1.165, 1.54) is 43.2 Å². The van der Waals surface area contributed by atoms with Crippen LogP contribution in [0.5, 0.6) is 0 Å². The first-order valence-electron chi connectivity index (χ1n) is 7.29. The SMILES string of the molecule is Cc1ccc(C(CC2CC3CCC2C3)NN)cc1. The van der Waals surface area contributed by atoms with Crippen molar-refractivity contribution in [3.8, 4) is 0 Å². The highest BCUT2D eigenvalue weighted by molar-refractivity contribution is 5.24. The van der Waals surface area contributed by atoms with Crippen molar-refractivity contribution in [2.45, 2.75) is 45.1 Å². The van der Waals surface area contributed by atoms with Gasteiger partial charge in [-0.1, -0.05) is 36.2 Å². The van der Waals surface area contributed by atoms with E-state index in [2.05, 4.69) is 36.6 Å². The van der Waals surface area contributed by atoms with Crippen LogP contribution in [0.1, 0.15) is 49.3 Å². The number of hydrogen-bond acceptors (Lipinski definition) is 2. The first-order chi connectivity index (χ1) is 8.76. The molecule has 2 aliphatic rings. The van der Waals surface area contributed by atoms with E-state index in [-0.39, 0.29) is 0 Å². The Morgan fingerprint density at radius 3 is 2.56 bits per heavy atom. The van der Waals surface area contributed by atoms with Gasteiger partial charge < -0.3 is 0 Å². The minimum absolute atomic E-state index is 0.329. The molecule has 0 aromatic heterocycles. The zero-order chi connectivity index (χ0) is 12.5. The summed E-state index contributed by atoms with van der Waals surface area (Å²) in [5, 5.41) is 0. The van der Waals surface area contributed by atoms with Crippen molar-refractivity contribution >= 4 is 0 Å². The van der Waals surface area contributed by atoms with Crippen LogP contribution in [0.25, 0.3) is 0 Å². The predicted molar refractivity (Wildman–Crippen MR) is 74.8 cm³/mol. The second-order valence-electron chi connectivity index (χ2n) is 6.30. The van der Waals surface area contributed by atoms with Crippen LogP contribution in [0.3, 0.4) is 0 Å². The Kier molecular flexibility index (Phi) is 3.40. The molecule has 0 aliphatic heterocycles. The van der Waals surface area contributed by atoms with Gasteiger partial charge in [0, 0.05) is 6.04 Å². The van der Waals surface area contributed by atoms with Gasteiger partial charge in [-0.3, -0.25) is 11.3 Å². The Hall–Kier alpha value is -0.860. The van der Waals surface area contributed by atoms with Crippen LogP contribution in [-0.4, -0.2) is 0 Å². The van der Waals surface area contributed by atoms with Gasteiger partial charge in [0.15, 0.2) is 0 Å². The van der Waals surface area contributed by atoms with Gasteiger partial charge in [0.25, 0.3) is 0 Å². The van der Waals surface area contributed by atoms with Crippen molar-refractivity contribution in [1.82, 2.24) is 5.43 Å². The van der Waals surface area contributed by atoms with Crippen LogP contribution in [0, 0.1) is 24.7 Å². The molecule has 3 rings (SSSR count). The first-order valence-corrected chi connectivity index (χ1v) is 7.29. The second kappa shape index (κ2) is 5.02. The minimum Gasteiger partial charge on any atom is -0.271 e. The molecule has 0 radical (unpaired) electrons. The lowest BCUT2D eigenvalue weighted by Crippen LogP contribution is -2.30. The van der Waals surface area contributed by atoms with E-state index in [9.17, 15) is 0 Å². The molecule has 0 saturated heterocycles. The molecule has 2 nitrogen and oxygen atoms in total. The molecule has 0 spiro atoms. The summed E-state index contributed by atoms with van der Waals surface area (Å²) in [5.74, 6) is 8.67. The topological polar surface area (TPSA) is 38.0 Å². The van der Waals surface area contributed by atoms with Gasteiger partial charge in [-0.05, 0) is 55.9 Å². The minimum atomic E-state index is 0.329. The van der Waals surface area contributed by atoms with Gasteiger partial charge >= 0.3 is 0 Å². The zero-order valence-electron chi connectivity index (χ0n) is 11.2. The van der Waals surface area contributed by atoms with Crippen molar-refractivity contribution < 1.29 is 0 Å². The van der Waals surface area contributed by atoms with E-state index < -0.39 is 0 Å². The lowest BCUT2D eigenvalue weighted by atomic mass is 9.83. The number of nitrogens with one attached hydrogen (secondary N) is 1. The van der Waals surface area contributed by atoms with E-state index in [4.69, 9.17) is 5.84 Å². The van der Waals surface area contributed by atoms with E-state index in [0.29, 0.717) is 6.04 Å². The van der Waals surface area contributed by atoms with Crippen molar-refractivity contribution in [3.05, 3.63) is 35.4 Å². The van der Waals surface area contributed by atoms with Gasteiger partial charge in [0.1, 0.15) is 0 Å². The molecule has 4 unspecified atom stereocenters. The fourth-order valence-corrected chi connectivity index (χ4v) is 4.07. The van der Waals surface area contributed by atoms with E-state index in [1.54, 1.807) is 0 Å². The third-order valence-corrected chi connectivity index (χ3v) is 5.10. The zero-order valence-corrected chi connectivity index (χ0v) is 11.2. The number of aryl methyl sites for hydroxylation is 1. The van der Waals surface area contributed by atoms with Gasteiger partial charge in [-0.25, -0.2) is 0 Å². The number of rotatable bonds is 4. The maximum absolute atomic E-state index is 5.77. The van der Waals surface area contributed by atoms with Crippen LogP contribution in [-0.2, 0) is 0 Å². The number of benzene rings is 1. The molecule has 0 heterocycles. The Bertz CT molecular complexity index is 398. The van der Waals surface area contributed by atoms with Crippen molar-refractivity contribution in [2.24, 2.45) is 23.6 Å². The summed E-state index contributed by atoms with van der Waals surface area (Å²) in [6.07, 6.45) is 7.07. The molecular formula is C16H24N2. The van der Waals surface area contributed by atoms with Gasteiger partial charge in [-0.2, -0.15) is 0 Å². The summed E-state index contributed by atoms with van der Waals surface area (Å²) in [6, 6.07) is 9.12. The lowest BCUT2D eigenvalue weighted by Gasteiger charge is -2.26. The molecule has 2 fully saturated rings. The molecule has 2 heteroatoms. The average Bonchev–Trinajstić information content (AvgIpc) is 2.99. The molecule has 3 N–H and O–H groups in total. The van der Waals surface area contributed by atoms with Crippen LogP contribution < -0.4 is 11.3 Å². The summed E-state index contributed by atoms with van der Waals surface area (Å²) in [5.41, 5.74) is 5.68. The Labute approximate surface area is 110 Å². The van der Waals surface area contributed by atoms with Crippen LogP contribution in [0.15, 0.2) is 24.3 Å². The summed E-state index contributed by atoms with van der Waals surface area (Å²) in [7, 11) is 0. The summed E-state index contributed by atoms with van der Waals surface area (Å²) in [4.78, 5) is 0. The lowest BCUT2D eigenvalue weighted by molar-refractivity contribution is 0.280. The number of hydrogen-bond donors (Lipinski definition) is 2. The van der Waals surface area contributed by atoms with Crippen LogP contribution in [0.2, 0.25) is 0 Å². The standard InChI is InChI=1S/C16H24N2/c1-11-2-5-13(6-3-11)16(18-17)10-15-9-12-4-7-14(15)8-12/h2-3,5-6,12,14-16,18H,4,7-10,17H2,1H3. The third kappa shape index (κ3) is 2.32. The molecule has 98 valence electrons. The molecule has 4 atom stereocenters. The average molecular weight is 244 g/mol. The third-order valence-electron chi connectivity index (χ3n) is 5.10. The summed E-state index contributed by atoms with van der Waals surface area (Å²) >= 11 is 0. The molecular weight excluding hydrogens is 220 g/mol.